The number of halogens is 1. The third-order valence-corrected chi connectivity index (χ3v) is 5.26. The zero-order valence-corrected chi connectivity index (χ0v) is 15.6. The number of nitrogens with zero attached hydrogens (tertiary/aromatic N) is 1. The molecule has 0 aromatic heterocycles. The van der Waals surface area contributed by atoms with Crippen molar-refractivity contribution in [1.29, 1.82) is 0 Å². The normalized spacial score (nSPS) is 34.0. The van der Waals surface area contributed by atoms with Gasteiger partial charge in [0.2, 0.25) is 0 Å². The molecule has 0 amide bonds. The predicted molar refractivity (Wildman–Crippen MR) is 87.4 cm³/mol. The highest BCUT2D eigenvalue weighted by Gasteiger charge is 2.33. The molecular formula is C18H35ClNO2-. The molecule has 1 aliphatic heterocycles. The highest BCUT2D eigenvalue weighted by atomic mass is 35.5. The van der Waals surface area contributed by atoms with Gasteiger partial charge >= 0.3 is 0 Å². The SMILES string of the molecule is CC1CC(OCC(O)CN2CCCCC2C)CC(C)(C)C1.[Cl-]. The van der Waals surface area contributed by atoms with E-state index in [0.29, 0.717) is 24.2 Å². The maximum atomic E-state index is 10.3. The van der Waals surface area contributed by atoms with Gasteiger partial charge in [0.1, 0.15) is 0 Å². The smallest absolute Gasteiger partial charge is 0.0900 e. The Balaban J connectivity index is 0.00000242. The first kappa shape index (κ1) is 20.2. The maximum absolute atomic E-state index is 10.3. The Bertz CT molecular complexity index is 324. The van der Waals surface area contributed by atoms with Crippen molar-refractivity contribution in [3.63, 3.8) is 0 Å². The molecule has 0 aromatic rings. The Morgan fingerprint density at radius 3 is 2.59 bits per heavy atom. The van der Waals surface area contributed by atoms with Crippen LogP contribution in [-0.2, 0) is 4.74 Å². The van der Waals surface area contributed by atoms with Crippen molar-refractivity contribution in [2.45, 2.75) is 84.5 Å². The number of ether oxygens (including phenoxy) is 1. The number of hydrogen-bond donors (Lipinski definition) is 1. The van der Waals surface area contributed by atoms with E-state index in [4.69, 9.17) is 4.74 Å². The minimum atomic E-state index is -0.342. The van der Waals surface area contributed by atoms with Gasteiger partial charge in [-0.1, -0.05) is 27.2 Å². The highest BCUT2D eigenvalue weighted by Crippen LogP contribution is 2.39. The van der Waals surface area contributed by atoms with Crippen LogP contribution in [0.1, 0.15) is 66.2 Å². The summed E-state index contributed by atoms with van der Waals surface area (Å²) in [6.07, 6.45) is 7.43. The topological polar surface area (TPSA) is 32.7 Å². The van der Waals surface area contributed by atoms with E-state index in [-0.39, 0.29) is 18.5 Å². The summed E-state index contributed by atoms with van der Waals surface area (Å²) in [5, 5.41) is 10.3. The van der Waals surface area contributed by atoms with E-state index < -0.39 is 0 Å². The molecule has 2 rings (SSSR count). The molecular weight excluding hydrogens is 298 g/mol. The van der Waals surface area contributed by atoms with E-state index in [1.807, 2.05) is 0 Å². The van der Waals surface area contributed by atoms with Gasteiger partial charge in [-0.15, -0.1) is 0 Å². The maximum Gasteiger partial charge on any atom is 0.0900 e. The van der Waals surface area contributed by atoms with Crippen LogP contribution in [0.4, 0.5) is 0 Å². The van der Waals surface area contributed by atoms with Gasteiger partial charge < -0.3 is 22.3 Å². The summed E-state index contributed by atoms with van der Waals surface area (Å²) < 4.78 is 6.05. The van der Waals surface area contributed by atoms with Crippen molar-refractivity contribution in [1.82, 2.24) is 4.90 Å². The fraction of sp³-hybridized carbons (Fsp3) is 1.00. The lowest BCUT2D eigenvalue weighted by Crippen LogP contribution is -3.00. The van der Waals surface area contributed by atoms with Crippen molar-refractivity contribution >= 4 is 0 Å². The number of β-amino-alcohol motifs (C(OH)–C–C–N with tert-alkyl or cyclic N) is 1. The van der Waals surface area contributed by atoms with Crippen LogP contribution in [0.3, 0.4) is 0 Å². The van der Waals surface area contributed by atoms with Crippen molar-refractivity contribution in [2.75, 3.05) is 19.7 Å². The van der Waals surface area contributed by atoms with Crippen molar-refractivity contribution in [3.8, 4) is 0 Å². The fourth-order valence-electron chi connectivity index (χ4n) is 4.38. The zero-order valence-electron chi connectivity index (χ0n) is 14.9. The van der Waals surface area contributed by atoms with E-state index in [1.54, 1.807) is 0 Å². The first-order valence-corrected chi connectivity index (χ1v) is 8.89. The number of hydrogen-bond acceptors (Lipinski definition) is 3. The van der Waals surface area contributed by atoms with E-state index in [9.17, 15) is 5.11 Å². The minimum Gasteiger partial charge on any atom is -1.00 e. The molecule has 0 radical (unpaired) electrons. The Morgan fingerprint density at radius 2 is 1.95 bits per heavy atom. The van der Waals surface area contributed by atoms with Crippen molar-refractivity contribution in [2.24, 2.45) is 11.3 Å². The monoisotopic (exact) mass is 332 g/mol. The molecule has 0 aromatic carbocycles. The van der Waals surface area contributed by atoms with Crippen LogP contribution in [0, 0.1) is 11.3 Å². The lowest BCUT2D eigenvalue weighted by Gasteiger charge is -2.39. The van der Waals surface area contributed by atoms with Gasteiger partial charge in [-0.25, -0.2) is 0 Å². The van der Waals surface area contributed by atoms with Crippen molar-refractivity contribution in [3.05, 3.63) is 0 Å². The first-order valence-electron chi connectivity index (χ1n) is 8.89. The second-order valence-corrected chi connectivity index (χ2v) is 8.36. The summed E-state index contributed by atoms with van der Waals surface area (Å²) in [5.74, 6) is 0.734. The molecule has 132 valence electrons. The lowest BCUT2D eigenvalue weighted by molar-refractivity contribution is -0.0645. The van der Waals surface area contributed by atoms with Gasteiger partial charge in [-0.3, -0.25) is 4.90 Å². The fourth-order valence-corrected chi connectivity index (χ4v) is 4.38. The van der Waals surface area contributed by atoms with E-state index in [1.165, 1.54) is 25.7 Å². The molecule has 0 bridgehead atoms. The number of aliphatic hydroxyl groups excluding tert-OH is 1. The summed E-state index contributed by atoms with van der Waals surface area (Å²) in [4.78, 5) is 2.42. The van der Waals surface area contributed by atoms with Crippen molar-refractivity contribution < 1.29 is 22.3 Å². The Morgan fingerprint density at radius 1 is 1.23 bits per heavy atom. The summed E-state index contributed by atoms with van der Waals surface area (Å²) in [5.41, 5.74) is 0.384. The molecule has 4 heteroatoms. The van der Waals surface area contributed by atoms with Crippen LogP contribution in [0.5, 0.6) is 0 Å². The van der Waals surface area contributed by atoms with Crippen LogP contribution in [0.15, 0.2) is 0 Å². The average Bonchev–Trinajstić information content (AvgIpc) is 2.37. The number of aliphatic hydroxyl groups is 1. The largest absolute Gasteiger partial charge is 1.00 e. The van der Waals surface area contributed by atoms with Gasteiger partial charge in [0, 0.05) is 12.6 Å². The molecule has 2 aliphatic rings. The van der Waals surface area contributed by atoms with Gasteiger partial charge in [0.05, 0.1) is 18.8 Å². The van der Waals surface area contributed by atoms with Crippen LogP contribution in [0.2, 0.25) is 0 Å². The van der Waals surface area contributed by atoms with Crippen LogP contribution >= 0.6 is 0 Å². The molecule has 1 aliphatic carbocycles. The minimum absolute atomic E-state index is 0. The molecule has 1 N–H and O–H groups in total. The van der Waals surface area contributed by atoms with Crippen LogP contribution < -0.4 is 12.4 Å². The highest BCUT2D eigenvalue weighted by molar-refractivity contribution is 4.84. The Hall–Kier alpha value is 0.170. The lowest BCUT2D eigenvalue weighted by atomic mass is 9.71. The molecule has 22 heavy (non-hydrogen) atoms. The Labute approximate surface area is 143 Å². The molecule has 1 saturated heterocycles. The van der Waals surface area contributed by atoms with Gasteiger partial charge in [0.25, 0.3) is 0 Å². The Kier molecular flexibility index (Phi) is 8.15. The van der Waals surface area contributed by atoms with E-state index in [2.05, 4.69) is 32.6 Å². The first-order chi connectivity index (χ1) is 9.85. The molecule has 1 saturated carbocycles. The van der Waals surface area contributed by atoms with E-state index >= 15 is 0 Å². The summed E-state index contributed by atoms with van der Waals surface area (Å²) in [6, 6.07) is 0.613. The summed E-state index contributed by atoms with van der Waals surface area (Å²) >= 11 is 0. The van der Waals surface area contributed by atoms with Gasteiger partial charge in [-0.2, -0.15) is 0 Å². The van der Waals surface area contributed by atoms with E-state index in [0.717, 1.165) is 31.8 Å². The number of likely N-dealkylation sites (tertiary alicyclic amines) is 1. The predicted octanol–water partition coefficient (Wildman–Crippen LogP) is 0.457. The summed E-state index contributed by atoms with van der Waals surface area (Å²) in [7, 11) is 0. The van der Waals surface area contributed by atoms with Gasteiger partial charge in [-0.05, 0) is 56.9 Å². The molecule has 4 unspecified atom stereocenters. The van der Waals surface area contributed by atoms with Crippen LogP contribution in [-0.4, -0.2) is 48.0 Å². The molecule has 1 heterocycles. The quantitative estimate of drug-likeness (QED) is 0.794. The average molecular weight is 333 g/mol. The van der Waals surface area contributed by atoms with Crippen LogP contribution in [0.25, 0.3) is 0 Å². The number of piperidine rings is 1. The number of rotatable bonds is 5. The molecule has 3 nitrogen and oxygen atoms in total. The second kappa shape index (κ2) is 8.86. The summed E-state index contributed by atoms with van der Waals surface area (Å²) in [6.45, 7) is 11.7. The molecule has 0 spiro atoms. The standard InChI is InChI=1S/C18H35NO2.ClH/c1-14-9-17(11-18(3,4)10-14)21-13-16(20)12-19-8-6-5-7-15(19)2;/h14-17,20H,5-13H2,1-4H3;1H/p-1. The molecule has 2 fully saturated rings. The van der Waals surface area contributed by atoms with Gasteiger partial charge in [0.15, 0.2) is 0 Å². The zero-order chi connectivity index (χ0) is 15.5. The third kappa shape index (κ3) is 6.35. The second-order valence-electron chi connectivity index (χ2n) is 8.36. The molecule has 4 atom stereocenters. The third-order valence-electron chi connectivity index (χ3n) is 5.26.